The van der Waals surface area contributed by atoms with E-state index in [9.17, 15) is 8.42 Å². The lowest BCUT2D eigenvalue weighted by atomic mass is 10.0. The fourth-order valence-electron chi connectivity index (χ4n) is 1.95. The topological polar surface area (TPSA) is 69.4 Å². The van der Waals surface area contributed by atoms with Crippen LogP contribution in [-0.2, 0) is 10.0 Å². The molecule has 4 nitrogen and oxygen atoms in total. The van der Waals surface area contributed by atoms with Gasteiger partial charge in [-0.2, -0.15) is 0 Å². The molecule has 20 heavy (non-hydrogen) atoms. The number of rotatable bonds is 7. The second kappa shape index (κ2) is 7.09. The Hall–Kier alpha value is -1.07. The highest BCUT2D eigenvalue weighted by Crippen LogP contribution is 2.25. The molecule has 0 saturated heterocycles. The molecule has 0 aliphatic heterocycles. The first kappa shape index (κ1) is 17.0. The van der Waals surface area contributed by atoms with E-state index in [2.05, 4.69) is 19.9 Å². The van der Waals surface area contributed by atoms with E-state index in [0.717, 1.165) is 17.7 Å². The Morgan fingerprint density at radius 3 is 2.45 bits per heavy atom. The minimum absolute atomic E-state index is 0.0353. The predicted molar refractivity (Wildman–Crippen MR) is 82.5 cm³/mol. The molecule has 0 aliphatic carbocycles. The minimum atomic E-state index is -3.45. The first-order valence-electron chi connectivity index (χ1n) is 6.96. The Bertz CT molecular complexity index is 538. The molecule has 0 radical (unpaired) electrons. The minimum Gasteiger partial charge on any atom is -0.493 e. The molecule has 1 unspecified atom stereocenters. The first-order valence-corrected chi connectivity index (χ1v) is 8.68. The normalized spacial score (nSPS) is 13.5. The van der Waals surface area contributed by atoms with Crippen molar-refractivity contribution in [1.29, 1.82) is 0 Å². The zero-order valence-electron chi connectivity index (χ0n) is 12.7. The molecular formula is C15H25NO3S. The highest BCUT2D eigenvalue weighted by molar-refractivity contribution is 7.89. The summed E-state index contributed by atoms with van der Waals surface area (Å²) in [6.07, 6.45) is 0.722. The quantitative estimate of drug-likeness (QED) is 0.841. The van der Waals surface area contributed by atoms with Crippen molar-refractivity contribution in [3.63, 3.8) is 0 Å². The molecule has 0 spiro atoms. The molecule has 0 heterocycles. The van der Waals surface area contributed by atoms with Crippen molar-refractivity contribution in [3.8, 4) is 5.75 Å². The van der Waals surface area contributed by atoms with Crippen LogP contribution in [0.15, 0.2) is 18.2 Å². The summed E-state index contributed by atoms with van der Waals surface area (Å²) in [5.74, 6) is 1.15. The fourth-order valence-corrected chi connectivity index (χ4v) is 2.94. The van der Waals surface area contributed by atoms with Gasteiger partial charge in [-0.15, -0.1) is 0 Å². The van der Waals surface area contributed by atoms with Crippen molar-refractivity contribution in [3.05, 3.63) is 29.3 Å². The van der Waals surface area contributed by atoms with Gasteiger partial charge in [0.15, 0.2) is 0 Å². The van der Waals surface area contributed by atoms with Crippen LogP contribution in [-0.4, -0.2) is 20.8 Å². The van der Waals surface area contributed by atoms with Crippen molar-refractivity contribution in [1.82, 2.24) is 0 Å². The lowest BCUT2D eigenvalue weighted by molar-refractivity contribution is 0.256. The summed E-state index contributed by atoms with van der Waals surface area (Å²) in [4.78, 5) is 0. The van der Waals surface area contributed by atoms with Gasteiger partial charge in [0.05, 0.1) is 12.4 Å². The number of benzene rings is 1. The van der Waals surface area contributed by atoms with E-state index < -0.39 is 10.0 Å². The van der Waals surface area contributed by atoms with Gasteiger partial charge in [0.25, 0.3) is 0 Å². The van der Waals surface area contributed by atoms with Crippen molar-refractivity contribution >= 4 is 10.0 Å². The Kier molecular flexibility index (Phi) is 6.02. The molecular weight excluding hydrogens is 274 g/mol. The highest BCUT2D eigenvalue weighted by atomic mass is 32.2. The summed E-state index contributed by atoms with van der Waals surface area (Å²) in [5.41, 5.74) is 2.27. The molecule has 0 aliphatic rings. The second-order valence-electron chi connectivity index (χ2n) is 5.59. The zero-order chi connectivity index (χ0) is 15.3. The van der Waals surface area contributed by atoms with E-state index in [0.29, 0.717) is 12.5 Å². The summed E-state index contributed by atoms with van der Waals surface area (Å²) in [6.45, 7) is 8.56. The van der Waals surface area contributed by atoms with Gasteiger partial charge in [-0.25, -0.2) is 13.6 Å². The first-order chi connectivity index (χ1) is 9.23. The molecule has 0 amide bonds. The molecule has 1 aromatic carbocycles. The summed E-state index contributed by atoms with van der Waals surface area (Å²) in [7, 11) is -3.45. The molecule has 1 atom stereocenters. The molecule has 0 aromatic heterocycles. The molecule has 1 aromatic rings. The number of hydrogen-bond acceptors (Lipinski definition) is 3. The van der Waals surface area contributed by atoms with Crippen molar-refractivity contribution in [2.75, 3.05) is 12.4 Å². The van der Waals surface area contributed by atoms with Gasteiger partial charge in [-0.05, 0) is 36.5 Å². The number of sulfonamides is 1. The maximum Gasteiger partial charge on any atom is 0.209 e. The number of aryl methyl sites for hydroxylation is 1. The number of hydrogen-bond donors (Lipinski definition) is 1. The summed E-state index contributed by atoms with van der Waals surface area (Å²) in [5, 5.41) is 5.09. The summed E-state index contributed by atoms with van der Waals surface area (Å²) >= 11 is 0. The van der Waals surface area contributed by atoms with Crippen LogP contribution in [0, 0.1) is 12.8 Å². The van der Waals surface area contributed by atoms with Crippen LogP contribution < -0.4 is 9.88 Å². The van der Waals surface area contributed by atoms with Crippen molar-refractivity contribution < 1.29 is 13.2 Å². The Labute approximate surface area is 122 Å². The van der Waals surface area contributed by atoms with Gasteiger partial charge in [-0.3, -0.25) is 0 Å². The van der Waals surface area contributed by atoms with E-state index in [1.807, 2.05) is 26.0 Å². The van der Waals surface area contributed by atoms with E-state index in [-0.39, 0.29) is 11.7 Å². The highest BCUT2D eigenvalue weighted by Gasteiger charge is 2.15. The van der Waals surface area contributed by atoms with Crippen LogP contribution in [0.5, 0.6) is 5.75 Å². The summed E-state index contributed by atoms with van der Waals surface area (Å²) in [6, 6.07) is 6.16. The zero-order valence-corrected chi connectivity index (χ0v) is 13.5. The van der Waals surface area contributed by atoms with Gasteiger partial charge in [0.2, 0.25) is 10.0 Å². The Morgan fingerprint density at radius 2 is 1.95 bits per heavy atom. The van der Waals surface area contributed by atoms with Gasteiger partial charge < -0.3 is 4.74 Å². The molecule has 2 N–H and O–H groups in total. The maximum atomic E-state index is 11.1. The van der Waals surface area contributed by atoms with Crippen LogP contribution >= 0.6 is 0 Å². The van der Waals surface area contributed by atoms with E-state index in [1.165, 1.54) is 5.56 Å². The molecule has 5 heteroatoms. The van der Waals surface area contributed by atoms with Crippen LogP contribution in [0.3, 0.4) is 0 Å². The second-order valence-corrected chi connectivity index (χ2v) is 7.25. The molecule has 0 saturated carbocycles. The van der Waals surface area contributed by atoms with Crippen molar-refractivity contribution in [2.45, 2.75) is 40.0 Å². The van der Waals surface area contributed by atoms with Gasteiger partial charge in [0, 0.05) is 5.92 Å². The third-order valence-corrected chi connectivity index (χ3v) is 4.33. The lowest BCUT2D eigenvalue weighted by Gasteiger charge is -2.17. The van der Waals surface area contributed by atoms with Crippen LogP contribution in [0.1, 0.15) is 44.2 Å². The van der Waals surface area contributed by atoms with Crippen LogP contribution in [0.4, 0.5) is 0 Å². The third kappa shape index (κ3) is 5.51. The van der Waals surface area contributed by atoms with E-state index >= 15 is 0 Å². The summed E-state index contributed by atoms with van der Waals surface area (Å²) < 4.78 is 28.1. The molecule has 0 bridgehead atoms. The van der Waals surface area contributed by atoms with E-state index in [1.54, 1.807) is 0 Å². The Morgan fingerprint density at radius 1 is 1.30 bits per heavy atom. The van der Waals surface area contributed by atoms with Gasteiger partial charge in [-0.1, -0.05) is 32.9 Å². The number of ether oxygens (including phenoxy) is 1. The maximum absolute atomic E-state index is 11.1. The largest absolute Gasteiger partial charge is 0.493 e. The molecule has 114 valence electrons. The average Bonchev–Trinajstić information content (AvgIpc) is 2.34. The average molecular weight is 299 g/mol. The van der Waals surface area contributed by atoms with Crippen LogP contribution in [0.2, 0.25) is 0 Å². The van der Waals surface area contributed by atoms with Crippen LogP contribution in [0.25, 0.3) is 0 Å². The SMILES string of the molecule is CCC(COc1cc(C(C)C)ccc1C)CS(N)(=O)=O. The van der Waals surface area contributed by atoms with E-state index in [4.69, 9.17) is 9.88 Å². The lowest BCUT2D eigenvalue weighted by Crippen LogP contribution is -2.26. The molecule has 0 fully saturated rings. The number of primary sulfonamides is 1. The standard InChI is InChI=1S/C15H25NO3S/c1-5-13(10-20(16,17)18)9-19-15-8-14(11(2)3)7-6-12(15)4/h6-8,11,13H,5,9-10H2,1-4H3,(H2,16,17,18). The molecule has 1 rings (SSSR count). The smallest absolute Gasteiger partial charge is 0.209 e. The Balaban J connectivity index is 2.75. The van der Waals surface area contributed by atoms with Crippen molar-refractivity contribution in [2.24, 2.45) is 11.1 Å². The number of nitrogens with two attached hydrogens (primary N) is 1. The monoisotopic (exact) mass is 299 g/mol. The third-order valence-electron chi connectivity index (χ3n) is 3.40. The fraction of sp³-hybridized carbons (Fsp3) is 0.600. The van der Waals surface area contributed by atoms with Gasteiger partial charge >= 0.3 is 0 Å². The predicted octanol–water partition coefficient (Wildman–Crippen LogP) is 2.81. The van der Waals surface area contributed by atoms with Gasteiger partial charge in [0.1, 0.15) is 5.75 Å².